The lowest BCUT2D eigenvalue weighted by molar-refractivity contribution is 0.0587. The van der Waals surface area contributed by atoms with Crippen LogP contribution in [0.3, 0.4) is 0 Å². The van der Waals surface area contributed by atoms with Crippen LogP contribution < -0.4 is 5.32 Å². The number of nitrogens with zero attached hydrogens (tertiary/aromatic N) is 2. The number of rotatable bonds is 8. The van der Waals surface area contributed by atoms with Crippen LogP contribution in [0, 0.1) is 0 Å². The lowest BCUT2D eigenvalue weighted by atomic mass is 10.1. The standard InChI is InChI=1S/C11H19N3O2/c1-3-14-11(8-16-5-4-15-2)10-6-12-9-13-7-10/h6-7,9,11,14H,3-5,8H2,1-2H3. The van der Waals surface area contributed by atoms with Gasteiger partial charge in [0, 0.05) is 25.1 Å². The number of methoxy groups -OCH3 is 1. The summed E-state index contributed by atoms with van der Waals surface area (Å²) in [7, 11) is 1.66. The lowest BCUT2D eigenvalue weighted by Crippen LogP contribution is -2.26. The summed E-state index contributed by atoms with van der Waals surface area (Å²) in [5.74, 6) is 0. The highest BCUT2D eigenvalue weighted by Crippen LogP contribution is 2.10. The molecule has 90 valence electrons. The highest BCUT2D eigenvalue weighted by molar-refractivity contribution is 5.09. The molecule has 1 heterocycles. The molecule has 1 rings (SSSR count). The molecule has 1 aromatic rings. The summed E-state index contributed by atoms with van der Waals surface area (Å²) >= 11 is 0. The fraction of sp³-hybridized carbons (Fsp3) is 0.636. The van der Waals surface area contributed by atoms with Crippen molar-refractivity contribution in [2.45, 2.75) is 13.0 Å². The van der Waals surface area contributed by atoms with Gasteiger partial charge in [0.1, 0.15) is 6.33 Å². The minimum absolute atomic E-state index is 0.142. The molecule has 0 saturated carbocycles. The monoisotopic (exact) mass is 225 g/mol. The molecule has 0 aliphatic heterocycles. The average Bonchev–Trinajstić information content (AvgIpc) is 2.34. The highest BCUT2D eigenvalue weighted by Gasteiger charge is 2.10. The molecule has 1 aromatic heterocycles. The smallest absolute Gasteiger partial charge is 0.115 e. The van der Waals surface area contributed by atoms with Crippen LogP contribution >= 0.6 is 0 Å². The maximum atomic E-state index is 5.50. The molecule has 0 aliphatic carbocycles. The molecular formula is C11H19N3O2. The second kappa shape index (κ2) is 8.15. The maximum absolute atomic E-state index is 5.50. The summed E-state index contributed by atoms with van der Waals surface area (Å²) in [6.45, 7) is 4.76. The summed E-state index contributed by atoms with van der Waals surface area (Å²) in [4.78, 5) is 8.00. The summed E-state index contributed by atoms with van der Waals surface area (Å²) in [6, 6.07) is 0.142. The van der Waals surface area contributed by atoms with Crippen molar-refractivity contribution in [1.29, 1.82) is 0 Å². The third-order valence-corrected chi connectivity index (χ3v) is 2.15. The first-order valence-electron chi connectivity index (χ1n) is 5.43. The fourth-order valence-corrected chi connectivity index (χ4v) is 1.35. The molecule has 5 nitrogen and oxygen atoms in total. The molecule has 1 atom stereocenters. The van der Waals surface area contributed by atoms with Crippen molar-refractivity contribution in [3.63, 3.8) is 0 Å². The summed E-state index contributed by atoms with van der Waals surface area (Å²) in [5.41, 5.74) is 1.04. The van der Waals surface area contributed by atoms with E-state index >= 15 is 0 Å². The number of likely N-dealkylation sites (N-methyl/N-ethyl adjacent to an activating group) is 1. The van der Waals surface area contributed by atoms with E-state index in [0.717, 1.165) is 12.1 Å². The Hall–Kier alpha value is -1.04. The molecule has 1 unspecified atom stereocenters. The quantitative estimate of drug-likeness (QED) is 0.663. The van der Waals surface area contributed by atoms with Crippen LogP contribution in [0.25, 0.3) is 0 Å². The van der Waals surface area contributed by atoms with Crippen LogP contribution in [0.15, 0.2) is 18.7 Å². The molecule has 0 aliphatic rings. The minimum atomic E-state index is 0.142. The van der Waals surface area contributed by atoms with Crippen molar-refractivity contribution in [3.05, 3.63) is 24.3 Å². The lowest BCUT2D eigenvalue weighted by Gasteiger charge is -2.17. The van der Waals surface area contributed by atoms with E-state index in [-0.39, 0.29) is 6.04 Å². The van der Waals surface area contributed by atoms with Gasteiger partial charge in [-0.1, -0.05) is 6.92 Å². The third-order valence-electron chi connectivity index (χ3n) is 2.15. The Balaban J connectivity index is 2.41. The first kappa shape index (κ1) is 13.0. The van der Waals surface area contributed by atoms with Crippen molar-refractivity contribution < 1.29 is 9.47 Å². The zero-order valence-corrected chi connectivity index (χ0v) is 9.85. The highest BCUT2D eigenvalue weighted by atomic mass is 16.5. The number of hydrogen-bond acceptors (Lipinski definition) is 5. The Labute approximate surface area is 96.2 Å². The van der Waals surface area contributed by atoms with Crippen LogP contribution in [0.4, 0.5) is 0 Å². The molecule has 0 fully saturated rings. The van der Waals surface area contributed by atoms with Gasteiger partial charge in [-0.25, -0.2) is 9.97 Å². The van der Waals surface area contributed by atoms with Crippen molar-refractivity contribution in [2.24, 2.45) is 0 Å². The van der Waals surface area contributed by atoms with Gasteiger partial charge in [0.25, 0.3) is 0 Å². The molecule has 0 spiro atoms. The number of ether oxygens (including phenoxy) is 2. The maximum Gasteiger partial charge on any atom is 0.115 e. The molecular weight excluding hydrogens is 206 g/mol. The zero-order chi connectivity index (χ0) is 11.6. The van der Waals surface area contributed by atoms with Crippen LogP contribution in [-0.2, 0) is 9.47 Å². The first-order valence-corrected chi connectivity index (χ1v) is 5.43. The van der Waals surface area contributed by atoms with Crippen molar-refractivity contribution in [1.82, 2.24) is 15.3 Å². The van der Waals surface area contributed by atoms with E-state index in [2.05, 4.69) is 22.2 Å². The van der Waals surface area contributed by atoms with Crippen LogP contribution in [0.1, 0.15) is 18.5 Å². The van der Waals surface area contributed by atoms with Crippen molar-refractivity contribution in [3.8, 4) is 0 Å². The molecule has 1 N–H and O–H groups in total. The fourth-order valence-electron chi connectivity index (χ4n) is 1.35. The number of aromatic nitrogens is 2. The molecule has 0 radical (unpaired) electrons. The van der Waals surface area contributed by atoms with Gasteiger partial charge in [0.15, 0.2) is 0 Å². The molecule has 5 heteroatoms. The van der Waals surface area contributed by atoms with E-state index < -0.39 is 0 Å². The first-order chi connectivity index (χ1) is 7.88. The van der Waals surface area contributed by atoms with E-state index in [9.17, 15) is 0 Å². The Kier molecular flexibility index (Phi) is 6.64. The van der Waals surface area contributed by atoms with E-state index in [0.29, 0.717) is 19.8 Å². The Bertz CT molecular complexity index is 269. The number of hydrogen-bond donors (Lipinski definition) is 1. The molecule has 16 heavy (non-hydrogen) atoms. The van der Waals surface area contributed by atoms with E-state index in [1.807, 2.05) is 0 Å². The Morgan fingerprint density at radius 2 is 2.06 bits per heavy atom. The van der Waals surface area contributed by atoms with Gasteiger partial charge in [-0.3, -0.25) is 0 Å². The van der Waals surface area contributed by atoms with E-state index in [1.54, 1.807) is 19.5 Å². The summed E-state index contributed by atoms with van der Waals surface area (Å²) in [5, 5.41) is 3.33. The van der Waals surface area contributed by atoms with E-state index in [1.165, 1.54) is 6.33 Å². The predicted octanol–water partition coefficient (Wildman–Crippen LogP) is 0.790. The van der Waals surface area contributed by atoms with Crippen molar-refractivity contribution in [2.75, 3.05) is 33.5 Å². The molecule has 0 aromatic carbocycles. The van der Waals surface area contributed by atoms with Gasteiger partial charge in [0.05, 0.1) is 25.9 Å². The van der Waals surface area contributed by atoms with Gasteiger partial charge < -0.3 is 14.8 Å². The van der Waals surface area contributed by atoms with Gasteiger partial charge in [-0.15, -0.1) is 0 Å². The second-order valence-corrected chi connectivity index (χ2v) is 3.35. The summed E-state index contributed by atoms with van der Waals surface area (Å²) in [6.07, 6.45) is 5.14. The normalized spacial score (nSPS) is 12.6. The van der Waals surface area contributed by atoms with Gasteiger partial charge >= 0.3 is 0 Å². The van der Waals surface area contributed by atoms with Crippen molar-refractivity contribution >= 4 is 0 Å². The zero-order valence-electron chi connectivity index (χ0n) is 9.85. The number of nitrogens with one attached hydrogen (secondary N) is 1. The van der Waals surface area contributed by atoms with Gasteiger partial charge in [-0.2, -0.15) is 0 Å². The second-order valence-electron chi connectivity index (χ2n) is 3.35. The molecule has 0 saturated heterocycles. The molecule has 0 bridgehead atoms. The predicted molar refractivity (Wildman–Crippen MR) is 61.1 cm³/mol. The Morgan fingerprint density at radius 3 is 2.69 bits per heavy atom. The van der Waals surface area contributed by atoms with Gasteiger partial charge in [0.2, 0.25) is 0 Å². The summed E-state index contributed by atoms with van der Waals surface area (Å²) < 4.78 is 10.4. The molecule has 0 amide bonds. The van der Waals surface area contributed by atoms with Crippen LogP contribution in [-0.4, -0.2) is 43.4 Å². The average molecular weight is 225 g/mol. The van der Waals surface area contributed by atoms with E-state index in [4.69, 9.17) is 9.47 Å². The minimum Gasteiger partial charge on any atom is -0.382 e. The topological polar surface area (TPSA) is 56.3 Å². The van der Waals surface area contributed by atoms with Gasteiger partial charge in [-0.05, 0) is 6.54 Å². The Morgan fingerprint density at radius 1 is 1.31 bits per heavy atom. The van der Waals surface area contributed by atoms with Crippen LogP contribution in [0.5, 0.6) is 0 Å². The largest absolute Gasteiger partial charge is 0.382 e. The SMILES string of the molecule is CCNC(COCCOC)c1cncnc1. The third kappa shape index (κ3) is 4.65. The van der Waals surface area contributed by atoms with Crippen LogP contribution in [0.2, 0.25) is 0 Å².